The third-order valence-corrected chi connectivity index (χ3v) is 4.70. The summed E-state index contributed by atoms with van der Waals surface area (Å²) in [6.07, 6.45) is 3.42. The van der Waals surface area contributed by atoms with Crippen LogP contribution in [0.3, 0.4) is 0 Å². The molecule has 1 aliphatic rings. The molecule has 1 saturated heterocycles. The lowest BCUT2D eigenvalue weighted by molar-refractivity contribution is 0.618. The fraction of sp³-hybridized carbons (Fsp3) is 0.600. The van der Waals surface area contributed by atoms with Crippen LogP contribution in [0.4, 0.5) is 5.82 Å². The Morgan fingerprint density at radius 2 is 2.33 bits per heavy atom. The number of nitrogens with zero attached hydrogens (tertiary/aromatic N) is 3. The van der Waals surface area contributed by atoms with Crippen LogP contribution in [0.5, 0.6) is 0 Å². The second kappa shape index (κ2) is 4.70. The second-order valence-electron chi connectivity index (χ2n) is 3.70. The summed E-state index contributed by atoms with van der Waals surface area (Å²) in [6.45, 7) is 5.59. The molecule has 2 heterocycles. The molecular weight excluding hydrogens is 274 g/mol. The van der Waals surface area contributed by atoms with Crippen LogP contribution in [0.25, 0.3) is 0 Å². The largest absolute Gasteiger partial charge is 0.351 e. The maximum Gasteiger partial charge on any atom is 0.146 e. The van der Waals surface area contributed by atoms with E-state index in [1.807, 2.05) is 18.0 Å². The van der Waals surface area contributed by atoms with E-state index in [2.05, 4.69) is 44.6 Å². The molecule has 0 N–H and O–H groups in total. The Kier molecular flexibility index (Phi) is 3.51. The van der Waals surface area contributed by atoms with E-state index in [9.17, 15) is 0 Å². The minimum Gasteiger partial charge on any atom is -0.351 e. The summed E-state index contributed by atoms with van der Waals surface area (Å²) in [5.74, 6) is 2.19. The number of hydrogen-bond acceptors (Lipinski definition) is 4. The number of anilines is 1. The molecule has 0 aliphatic carbocycles. The highest BCUT2D eigenvalue weighted by Gasteiger charge is 2.27. The van der Waals surface area contributed by atoms with Crippen molar-refractivity contribution in [2.45, 2.75) is 25.1 Å². The van der Waals surface area contributed by atoms with E-state index in [-0.39, 0.29) is 0 Å². The molecule has 5 heteroatoms. The first-order chi connectivity index (χ1) is 7.20. The van der Waals surface area contributed by atoms with Crippen LogP contribution in [-0.4, -0.2) is 33.6 Å². The Balaban J connectivity index is 2.26. The van der Waals surface area contributed by atoms with Gasteiger partial charge in [-0.1, -0.05) is 6.92 Å². The van der Waals surface area contributed by atoms with Gasteiger partial charge in [0, 0.05) is 29.8 Å². The van der Waals surface area contributed by atoms with E-state index in [1.165, 1.54) is 5.75 Å². The first-order valence-electron chi connectivity index (χ1n) is 5.04. The van der Waals surface area contributed by atoms with Crippen LogP contribution < -0.4 is 4.90 Å². The van der Waals surface area contributed by atoms with Crippen molar-refractivity contribution in [1.29, 1.82) is 0 Å². The first kappa shape index (κ1) is 11.2. The number of halogens is 1. The van der Waals surface area contributed by atoms with Gasteiger partial charge < -0.3 is 4.90 Å². The van der Waals surface area contributed by atoms with E-state index in [4.69, 9.17) is 0 Å². The molecule has 1 aromatic heterocycles. The maximum atomic E-state index is 4.35. The van der Waals surface area contributed by atoms with Crippen molar-refractivity contribution in [2.75, 3.05) is 17.2 Å². The van der Waals surface area contributed by atoms with Crippen LogP contribution >= 0.6 is 27.7 Å². The SMILES string of the molecule is CC1SCCN(c2ncncc2Br)C1C. The molecule has 1 aliphatic heterocycles. The van der Waals surface area contributed by atoms with Crippen molar-refractivity contribution in [3.05, 3.63) is 17.0 Å². The van der Waals surface area contributed by atoms with Crippen molar-refractivity contribution in [3.8, 4) is 0 Å². The average molecular weight is 288 g/mol. The van der Waals surface area contributed by atoms with Crippen molar-refractivity contribution in [1.82, 2.24) is 9.97 Å². The average Bonchev–Trinajstić information content (AvgIpc) is 2.23. The smallest absolute Gasteiger partial charge is 0.146 e. The highest BCUT2D eigenvalue weighted by atomic mass is 79.9. The highest BCUT2D eigenvalue weighted by molar-refractivity contribution is 9.10. The minimum absolute atomic E-state index is 0.523. The molecule has 2 rings (SSSR count). The normalized spacial score (nSPS) is 26.7. The molecule has 82 valence electrons. The Morgan fingerprint density at radius 1 is 1.53 bits per heavy atom. The van der Waals surface area contributed by atoms with Crippen LogP contribution in [0, 0.1) is 0 Å². The second-order valence-corrected chi connectivity index (χ2v) is 6.04. The van der Waals surface area contributed by atoms with E-state index in [0.717, 1.165) is 16.8 Å². The standard InChI is InChI=1S/C10H14BrN3S/c1-7-8(2)15-4-3-14(7)10-9(11)5-12-6-13-10/h5-8H,3-4H2,1-2H3. The molecule has 1 aromatic rings. The monoisotopic (exact) mass is 287 g/mol. The molecule has 0 radical (unpaired) electrons. The molecular formula is C10H14BrN3S. The van der Waals surface area contributed by atoms with Gasteiger partial charge in [0.1, 0.15) is 12.1 Å². The van der Waals surface area contributed by atoms with E-state index in [0.29, 0.717) is 11.3 Å². The zero-order valence-electron chi connectivity index (χ0n) is 8.85. The molecule has 2 atom stereocenters. The van der Waals surface area contributed by atoms with Crippen molar-refractivity contribution < 1.29 is 0 Å². The lowest BCUT2D eigenvalue weighted by atomic mass is 10.2. The van der Waals surface area contributed by atoms with Crippen LogP contribution in [0.1, 0.15) is 13.8 Å². The zero-order valence-corrected chi connectivity index (χ0v) is 11.3. The molecule has 0 saturated carbocycles. The molecule has 0 amide bonds. The molecule has 3 nitrogen and oxygen atoms in total. The lowest BCUT2D eigenvalue weighted by Crippen LogP contribution is -2.45. The quantitative estimate of drug-likeness (QED) is 0.794. The van der Waals surface area contributed by atoms with Crippen LogP contribution in [0.15, 0.2) is 17.0 Å². The number of thioether (sulfide) groups is 1. The van der Waals surface area contributed by atoms with Crippen LogP contribution in [-0.2, 0) is 0 Å². The predicted molar refractivity (Wildman–Crippen MR) is 68.5 cm³/mol. The number of rotatable bonds is 1. The third-order valence-electron chi connectivity index (χ3n) is 2.80. The van der Waals surface area contributed by atoms with Gasteiger partial charge in [-0.15, -0.1) is 0 Å². The molecule has 2 unspecified atom stereocenters. The van der Waals surface area contributed by atoms with Crippen molar-refractivity contribution >= 4 is 33.5 Å². The summed E-state index contributed by atoms with van der Waals surface area (Å²) in [4.78, 5) is 10.7. The number of hydrogen-bond donors (Lipinski definition) is 0. The maximum absolute atomic E-state index is 4.35. The van der Waals surface area contributed by atoms with E-state index in [1.54, 1.807) is 6.33 Å². The summed E-state index contributed by atoms with van der Waals surface area (Å²) in [5, 5.41) is 0.653. The third kappa shape index (κ3) is 2.28. The van der Waals surface area contributed by atoms with Crippen molar-refractivity contribution in [2.24, 2.45) is 0 Å². The van der Waals surface area contributed by atoms with Gasteiger partial charge in [0.05, 0.1) is 4.47 Å². The van der Waals surface area contributed by atoms with Gasteiger partial charge in [-0.3, -0.25) is 0 Å². The summed E-state index contributed by atoms with van der Waals surface area (Å²) >= 11 is 5.54. The van der Waals surface area contributed by atoms with Gasteiger partial charge >= 0.3 is 0 Å². The first-order valence-corrected chi connectivity index (χ1v) is 6.88. The lowest BCUT2D eigenvalue weighted by Gasteiger charge is -2.38. The van der Waals surface area contributed by atoms with E-state index < -0.39 is 0 Å². The Morgan fingerprint density at radius 3 is 3.07 bits per heavy atom. The molecule has 15 heavy (non-hydrogen) atoms. The van der Waals surface area contributed by atoms with Gasteiger partial charge in [-0.2, -0.15) is 11.8 Å². The van der Waals surface area contributed by atoms with Crippen molar-refractivity contribution in [3.63, 3.8) is 0 Å². The summed E-state index contributed by atoms with van der Waals surface area (Å²) in [7, 11) is 0. The van der Waals surface area contributed by atoms with Crippen LogP contribution in [0.2, 0.25) is 0 Å². The topological polar surface area (TPSA) is 29.0 Å². The number of aromatic nitrogens is 2. The summed E-state index contributed by atoms with van der Waals surface area (Å²) in [5.41, 5.74) is 0. The minimum atomic E-state index is 0.523. The van der Waals surface area contributed by atoms with E-state index >= 15 is 0 Å². The summed E-state index contributed by atoms with van der Waals surface area (Å²) in [6, 6.07) is 0.523. The molecule has 1 fully saturated rings. The molecule has 0 spiro atoms. The van der Waals surface area contributed by atoms with Gasteiger partial charge in [0.2, 0.25) is 0 Å². The predicted octanol–water partition coefficient (Wildman–Crippen LogP) is 2.57. The Hall–Kier alpha value is -0.290. The summed E-state index contributed by atoms with van der Waals surface area (Å²) < 4.78 is 0.982. The highest BCUT2D eigenvalue weighted by Crippen LogP contribution is 2.31. The van der Waals surface area contributed by atoms with Gasteiger partial charge in [0.25, 0.3) is 0 Å². The van der Waals surface area contributed by atoms with Gasteiger partial charge in [-0.05, 0) is 22.9 Å². The molecule has 0 aromatic carbocycles. The Bertz CT molecular complexity index is 347. The fourth-order valence-corrected chi connectivity index (χ4v) is 3.30. The molecule has 0 bridgehead atoms. The van der Waals surface area contributed by atoms with Gasteiger partial charge in [-0.25, -0.2) is 9.97 Å². The zero-order chi connectivity index (χ0) is 10.8. The Labute approximate surface area is 103 Å². The van der Waals surface area contributed by atoms with Gasteiger partial charge in [0.15, 0.2) is 0 Å². The fourth-order valence-electron chi connectivity index (χ4n) is 1.75.